The van der Waals surface area contributed by atoms with Crippen LogP contribution in [0.1, 0.15) is 10.4 Å². The molecule has 0 spiro atoms. The highest BCUT2D eigenvalue weighted by Gasteiger charge is 2.15. The second kappa shape index (κ2) is 5.53. The van der Waals surface area contributed by atoms with Crippen molar-refractivity contribution in [3.63, 3.8) is 0 Å². The van der Waals surface area contributed by atoms with Crippen molar-refractivity contribution in [1.82, 2.24) is 0 Å². The van der Waals surface area contributed by atoms with Crippen LogP contribution in [0, 0.1) is 0 Å². The summed E-state index contributed by atoms with van der Waals surface area (Å²) < 4.78 is 8.57. The van der Waals surface area contributed by atoms with E-state index in [0.717, 1.165) is 12.8 Å². The SMILES string of the molecule is C=CCc1cc2sc3cc4c(cc3c2s1)sc1c(CC=C)csc14. The minimum atomic E-state index is 0.960. The lowest BCUT2D eigenvalue weighted by Gasteiger charge is -1.93. The molecule has 0 amide bonds. The van der Waals surface area contributed by atoms with E-state index in [9.17, 15) is 0 Å². The van der Waals surface area contributed by atoms with E-state index in [1.165, 1.54) is 49.4 Å². The number of rotatable bonds is 4. The van der Waals surface area contributed by atoms with Gasteiger partial charge in [0.25, 0.3) is 0 Å². The van der Waals surface area contributed by atoms with Gasteiger partial charge in [-0.15, -0.1) is 58.5 Å². The van der Waals surface area contributed by atoms with E-state index < -0.39 is 0 Å². The highest BCUT2D eigenvalue weighted by Crippen LogP contribution is 2.46. The Morgan fingerprint density at radius 2 is 1.50 bits per heavy atom. The van der Waals surface area contributed by atoms with Crippen LogP contribution in [0.3, 0.4) is 0 Å². The molecule has 0 aliphatic rings. The number of allylic oxidation sites excluding steroid dienone is 2. The summed E-state index contributed by atoms with van der Waals surface area (Å²) in [6.45, 7) is 7.75. The average Bonchev–Trinajstić information content (AvgIpc) is 3.27. The highest BCUT2D eigenvalue weighted by atomic mass is 32.1. The van der Waals surface area contributed by atoms with Crippen LogP contribution < -0.4 is 0 Å². The quantitative estimate of drug-likeness (QED) is 0.276. The van der Waals surface area contributed by atoms with E-state index in [2.05, 4.69) is 36.7 Å². The largest absolute Gasteiger partial charge is 0.142 e. The molecular formula is C20H14S4. The van der Waals surface area contributed by atoms with Gasteiger partial charge in [0.05, 0.1) is 9.40 Å². The summed E-state index contributed by atoms with van der Waals surface area (Å²) in [5, 5.41) is 5.13. The van der Waals surface area contributed by atoms with Crippen LogP contribution in [0.25, 0.3) is 39.0 Å². The zero-order valence-corrected chi connectivity index (χ0v) is 16.2. The predicted octanol–water partition coefficient (Wildman–Crippen LogP) is 8.00. The molecule has 0 fully saturated rings. The Hall–Kier alpha value is -1.46. The van der Waals surface area contributed by atoms with E-state index in [-0.39, 0.29) is 0 Å². The summed E-state index contributed by atoms with van der Waals surface area (Å²) in [6.07, 6.45) is 5.92. The molecule has 0 atom stereocenters. The first kappa shape index (κ1) is 14.8. The normalized spacial score (nSPS) is 12.0. The van der Waals surface area contributed by atoms with Crippen molar-refractivity contribution in [1.29, 1.82) is 0 Å². The molecule has 118 valence electrons. The van der Waals surface area contributed by atoms with Gasteiger partial charge in [-0.2, -0.15) is 0 Å². The van der Waals surface area contributed by atoms with Crippen molar-refractivity contribution in [3.05, 3.63) is 59.3 Å². The molecule has 0 aliphatic carbocycles. The minimum absolute atomic E-state index is 0.960. The zero-order chi connectivity index (χ0) is 16.3. The Kier molecular flexibility index (Phi) is 3.42. The Balaban J connectivity index is 1.80. The molecule has 4 heteroatoms. The third-order valence-electron chi connectivity index (χ3n) is 4.28. The fourth-order valence-electron chi connectivity index (χ4n) is 3.22. The van der Waals surface area contributed by atoms with Gasteiger partial charge in [0, 0.05) is 34.4 Å². The van der Waals surface area contributed by atoms with E-state index in [0.29, 0.717) is 0 Å². The molecule has 24 heavy (non-hydrogen) atoms. The predicted molar refractivity (Wildman–Crippen MR) is 116 cm³/mol. The molecular weight excluding hydrogens is 368 g/mol. The zero-order valence-electron chi connectivity index (χ0n) is 12.9. The van der Waals surface area contributed by atoms with Gasteiger partial charge in [-0.1, -0.05) is 12.2 Å². The summed E-state index contributed by atoms with van der Waals surface area (Å²) in [5.41, 5.74) is 1.42. The van der Waals surface area contributed by atoms with Crippen LogP contribution in [-0.2, 0) is 12.8 Å². The molecule has 5 rings (SSSR count). The lowest BCUT2D eigenvalue weighted by atomic mass is 10.2. The maximum Gasteiger partial charge on any atom is 0.0532 e. The molecule has 0 saturated heterocycles. The van der Waals surface area contributed by atoms with Crippen molar-refractivity contribution in [2.45, 2.75) is 12.8 Å². The van der Waals surface area contributed by atoms with Crippen molar-refractivity contribution >= 4 is 84.3 Å². The fourth-order valence-corrected chi connectivity index (χ4v) is 8.33. The summed E-state index contributed by atoms with van der Waals surface area (Å²) in [4.78, 5) is 1.41. The molecule has 0 unspecified atom stereocenters. The first-order valence-electron chi connectivity index (χ1n) is 7.78. The monoisotopic (exact) mass is 382 g/mol. The van der Waals surface area contributed by atoms with Crippen LogP contribution in [-0.4, -0.2) is 0 Å². The molecule has 0 bridgehead atoms. The van der Waals surface area contributed by atoms with Gasteiger partial charge in [0.15, 0.2) is 0 Å². The minimum Gasteiger partial charge on any atom is -0.142 e. The maximum atomic E-state index is 3.89. The third kappa shape index (κ3) is 2.07. The van der Waals surface area contributed by atoms with Gasteiger partial charge < -0.3 is 0 Å². The molecule has 0 saturated carbocycles. The molecule has 0 radical (unpaired) electrons. The van der Waals surface area contributed by atoms with E-state index in [1.807, 2.05) is 57.5 Å². The van der Waals surface area contributed by atoms with Crippen LogP contribution >= 0.6 is 45.3 Å². The summed E-state index contributed by atoms with van der Waals surface area (Å²) in [6, 6.07) is 7.15. The second-order valence-corrected chi connectivity index (χ2v) is 10.0. The van der Waals surface area contributed by atoms with Gasteiger partial charge >= 0.3 is 0 Å². The summed E-state index contributed by atoms with van der Waals surface area (Å²) in [7, 11) is 0. The average molecular weight is 383 g/mol. The van der Waals surface area contributed by atoms with Gasteiger partial charge in [-0.3, -0.25) is 0 Å². The van der Waals surface area contributed by atoms with E-state index in [1.54, 1.807) is 0 Å². The smallest absolute Gasteiger partial charge is 0.0532 e. The highest BCUT2D eigenvalue weighted by molar-refractivity contribution is 7.34. The lowest BCUT2D eigenvalue weighted by Crippen LogP contribution is -1.71. The van der Waals surface area contributed by atoms with E-state index >= 15 is 0 Å². The number of fused-ring (bicyclic) bond motifs is 6. The summed E-state index contributed by atoms with van der Waals surface area (Å²) >= 11 is 7.65. The number of hydrogen-bond acceptors (Lipinski definition) is 4. The molecule has 4 aromatic heterocycles. The molecule has 0 nitrogen and oxygen atoms in total. The third-order valence-corrected chi connectivity index (χ3v) is 9.12. The number of benzene rings is 1. The lowest BCUT2D eigenvalue weighted by molar-refractivity contribution is 1.34. The first-order chi connectivity index (χ1) is 11.8. The molecule has 0 aliphatic heterocycles. The topological polar surface area (TPSA) is 0 Å². The summed E-state index contributed by atoms with van der Waals surface area (Å²) in [5.74, 6) is 0. The van der Waals surface area contributed by atoms with Crippen LogP contribution in [0.5, 0.6) is 0 Å². The van der Waals surface area contributed by atoms with Gasteiger partial charge in [0.2, 0.25) is 0 Å². The van der Waals surface area contributed by atoms with Crippen LogP contribution in [0.2, 0.25) is 0 Å². The standard InChI is InChI=1S/C20H14S4/c1-3-5-11-10-21-20-14-9-15-13(8-16(14)24-18(11)20)19-17(23-15)7-12(22-19)6-4-2/h3-4,7-10H,1-2,5-6H2. The maximum absolute atomic E-state index is 3.89. The molecule has 0 N–H and O–H groups in total. The second-order valence-electron chi connectivity index (χ2n) is 5.86. The van der Waals surface area contributed by atoms with Crippen LogP contribution in [0.15, 0.2) is 48.9 Å². The first-order valence-corrected chi connectivity index (χ1v) is 11.1. The Labute approximate surface area is 156 Å². The molecule has 4 heterocycles. The number of thiophene rings is 4. The molecule has 5 aromatic rings. The van der Waals surface area contributed by atoms with Crippen molar-refractivity contribution in [2.75, 3.05) is 0 Å². The van der Waals surface area contributed by atoms with E-state index in [4.69, 9.17) is 0 Å². The Morgan fingerprint density at radius 1 is 0.750 bits per heavy atom. The Morgan fingerprint density at radius 3 is 2.29 bits per heavy atom. The van der Waals surface area contributed by atoms with Crippen LogP contribution in [0.4, 0.5) is 0 Å². The fraction of sp³-hybridized carbons (Fsp3) is 0.100. The number of hydrogen-bond donors (Lipinski definition) is 0. The Bertz CT molecular complexity index is 1240. The van der Waals surface area contributed by atoms with Crippen molar-refractivity contribution in [3.8, 4) is 0 Å². The van der Waals surface area contributed by atoms with Crippen molar-refractivity contribution in [2.24, 2.45) is 0 Å². The van der Waals surface area contributed by atoms with Gasteiger partial charge in [-0.25, -0.2) is 0 Å². The molecule has 1 aromatic carbocycles. The van der Waals surface area contributed by atoms with Crippen molar-refractivity contribution < 1.29 is 0 Å². The van der Waals surface area contributed by atoms with Gasteiger partial charge in [-0.05, 0) is 42.0 Å². The van der Waals surface area contributed by atoms with Gasteiger partial charge in [0.1, 0.15) is 0 Å².